The van der Waals surface area contributed by atoms with Crippen LogP contribution in [0.5, 0.6) is 0 Å². The Kier molecular flexibility index (Phi) is 17.8. The van der Waals surface area contributed by atoms with Gasteiger partial charge in [-0.1, -0.05) is 131 Å². The summed E-state index contributed by atoms with van der Waals surface area (Å²) in [5, 5.41) is 10.8. The number of carboxylic acid groups (broad SMARTS) is 1. The van der Waals surface area contributed by atoms with Crippen molar-refractivity contribution in [3.05, 3.63) is 0 Å². The van der Waals surface area contributed by atoms with Crippen molar-refractivity contribution in [1.82, 2.24) is 0 Å². The molecule has 0 bridgehead atoms. The minimum Gasteiger partial charge on any atom is -0.481 e. The maximum absolute atomic E-state index is 13.2. The molecule has 0 spiro atoms. The van der Waals surface area contributed by atoms with E-state index in [0.717, 1.165) is 57.8 Å². The topological polar surface area (TPSA) is 37.3 Å². The van der Waals surface area contributed by atoms with Crippen LogP contribution in [0.2, 0.25) is 0 Å². The molecule has 0 saturated carbocycles. The maximum atomic E-state index is 13.2. The number of carbonyl (C=O) groups is 1. The van der Waals surface area contributed by atoms with Crippen LogP contribution in [0.1, 0.15) is 163 Å². The second-order valence-corrected chi connectivity index (χ2v) is 9.95. The van der Waals surface area contributed by atoms with Crippen molar-refractivity contribution in [3.63, 3.8) is 0 Å². The zero-order chi connectivity index (χ0) is 22.7. The summed E-state index contributed by atoms with van der Waals surface area (Å²) in [6.07, 6.45) is 22.9. The molecule has 0 aromatic rings. The monoisotopic (exact) mass is 424 g/mol. The van der Waals surface area contributed by atoms with Gasteiger partial charge in [0.25, 0.3) is 0 Å². The van der Waals surface area contributed by atoms with Crippen LogP contribution in [0.15, 0.2) is 0 Å². The van der Waals surface area contributed by atoms with Gasteiger partial charge in [0.05, 0.1) is 5.41 Å². The highest BCUT2D eigenvalue weighted by Crippen LogP contribution is 2.56. The van der Waals surface area contributed by atoms with Gasteiger partial charge in [-0.15, -0.1) is 0 Å². The molecule has 2 nitrogen and oxygen atoms in total. The van der Waals surface area contributed by atoms with Gasteiger partial charge in [0, 0.05) is 0 Å². The summed E-state index contributed by atoms with van der Waals surface area (Å²) >= 11 is 0. The molecular weight excluding hydrogens is 368 g/mol. The molecule has 0 radical (unpaired) electrons. The number of carboxylic acids is 1. The number of hydrogen-bond acceptors (Lipinski definition) is 1. The van der Waals surface area contributed by atoms with Crippen molar-refractivity contribution in [2.24, 2.45) is 10.8 Å². The summed E-state index contributed by atoms with van der Waals surface area (Å²) in [6.45, 7) is 11.3. The summed E-state index contributed by atoms with van der Waals surface area (Å²) in [5.74, 6) is -0.473. The molecule has 0 aliphatic heterocycles. The summed E-state index contributed by atoms with van der Waals surface area (Å²) < 4.78 is 0. The second-order valence-electron chi connectivity index (χ2n) is 9.95. The second kappa shape index (κ2) is 18.1. The first kappa shape index (κ1) is 29.5. The molecule has 0 aliphatic carbocycles. The van der Waals surface area contributed by atoms with Crippen LogP contribution in [-0.2, 0) is 4.79 Å². The molecule has 0 atom stereocenters. The van der Waals surface area contributed by atoms with E-state index in [1.54, 1.807) is 0 Å². The molecule has 2 heteroatoms. The third-order valence-corrected chi connectivity index (χ3v) is 7.62. The maximum Gasteiger partial charge on any atom is 0.310 e. The van der Waals surface area contributed by atoms with Crippen LogP contribution >= 0.6 is 0 Å². The van der Waals surface area contributed by atoms with Crippen molar-refractivity contribution in [2.75, 3.05) is 0 Å². The number of hydrogen-bond donors (Lipinski definition) is 1. The number of rotatable bonds is 22. The Hall–Kier alpha value is -0.530. The fourth-order valence-electron chi connectivity index (χ4n) is 5.68. The van der Waals surface area contributed by atoms with E-state index < -0.39 is 11.4 Å². The standard InChI is InChI=1S/C28H56O2/c1-6-11-16-21-27(22-17-12-7-2,23-18-13-8-3)28(26(29)30,24-19-14-9-4)25-20-15-10-5/h6-25H2,1-5H3,(H,29,30). The van der Waals surface area contributed by atoms with Gasteiger partial charge in [-0.25, -0.2) is 0 Å². The van der Waals surface area contributed by atoms with E-state index in [2.05, 4.69) is 34.6 Å². The Morgan fingerprint density at radius 1 is 0.500 bits per heavy atom. The highest BCUT2D eigenvalue weighted by Gasteiger charge is 2.53. The van der Waals surface area contributed by atoms with Gasteiger partial charge in [-0.05, 0) is 37.5 Å². The van der Waals surface area contributed by atoms with E-state index in [1.165, 1.54) is 70.6 Å². The lowest BCUT2D eigenvalue weighted by molar-refractivity contribution is -0.164. The van der Waals surface area contributed by atoms with Crippen LogP contribution in [0.25, 0.3) is 0 Å². The van der Waals surface area contributed by atoms with E-state index in [1.807, 2.05) is 0 Å². The Labute approximate surface area is 190 Å². The highest BCUT2D eigenvalue weighted by molar-refractivity contribution is 5.76. The SMILES string of the molecule is CCCCCC(CCCCC)(CCCCC)C(CCCCC)(CCCCC)C(=O)O. The average Bonchev–Trinajstić information content (AvgIpc) is 2.72. The van der Waals surface area contributed by atoms with Crippen LogP contribution in [0, 0.1) is 10.8 Å². The zero-order valence-corrected chi connectivity index (χ0v) is 21.5. The van der Waals surface area contributed by atoms with Crippen molar-refractivity contribution < 1.29 is 9.90 Å². The number of unbranched alkanes of at least 4 members (excludes halogenated alkanes) is 10. The molecule has 0 amide bonds. The quantitative estimate of drug-likeness (QED) is 0.175. The van der Waals surface area contributed by atoms with E-state index in [4.69, 9.17) is 0 Å². The molecule has 0 aromatic heterocycles. The minimum absolute atomic E-state index is 0.0141. The molecule has 0 aliphatic rings. The smallest absolute Gasteiger partial charge is 0.310 e. The predicted octanol–water partition coefficient (Wildman–Crippen LogP) is 9.95. The number of aliphatic carboxylic acids is 1. The molecule has 0 fully saturated rings. The molecule has 180 valence electrons. The van der Waals surface area contributed by atoms with Gasteiger partial charge < -0.3 is 5.11 Å². The molecule has 30 heavy (non-hydrogen) atoms. The summed E-state index contributed by atoms with van der Waals surface area (Å²) in [7, 11) is 0. The summed E-state index contributed by atoms with van der Waals surface area (Å²) in [5.41, 5.74) is -0.535. The van der Waals surface area contributed by atoms with Crippen LogP contribution in [0.4, 0.5) is 0 Å². The Balaban J connectivity index is 6.13. The lowest BCUT2D eigenvalue weighted by Crippen LogP contribution is -2.48. The first-order valence-electron chi connectivity index (χ1n) is 13.7. The Morgan fingerprint density at radius 2 is 0.767 bits per heavy atom. The van der Waals surface area contributed by atoms with E-state index in [-0.39, 0.29) is 5.41 Å². The lowest BCUT2D eigenvalue weighted by atomic mass is 9.53. The predicted molar refractivity (Wildman–Crippen MR) is 133 cm³/mol. The van der Waals surface area contributed by atoms with Crippen molar-refractivity contribution in [2.45, 2.75) is 163 Å². The third-order valence-electron chi connectivity index (χ3n) is 7.62. The average molecular weight is 425 g/mol. The van der Waals surface area contributed by atoms with Gasteiger partial charge in [-0.3, -0.25) is 4.79 Å². The fraction of sp³-hybridized carbons (Fsp3) is 0.964. The summed E-state index contributed by atoms with van der Waals surface area (Å²) in [6, 6.07) is 0. The van der Waals surface area contributed by atoms with Gasteiger partial charge in [0.2, 0.25) is 0 Å². The first-order valence-corrected chi connectivity index (χ1v) is 13.7. The Bertz CT molecular complexity index is 365. The molecule has 0 unspecified atom stereocenters. The van der Waals surface area contributed by atoms with Gasteiger partial charge in [0.15, 0.2) is 0 Å². The van der Waals surface area contributed by atoms with Crippen molar-refractivity contribution >= 4 is 5.97 Å². The van der Waals surface area contributed by atoms with E-state index in [9.17, 15) is 9.90 Å². The molecule has 0 heterocycles. The third kappa shape index (κ3) is 9.73. The lowest BCUT2D eigenvalue weighted by Gasteiger charge is -2.50. The zero-order valence-electron chi connectivity index (χ0n) is 21.5. The van der Waals surface area contributed by atoms with Crippen LogP contribution < -0.4 is 0 Å². The van der Waals surface area contributed by atoms with E-state index >= 15 is 0 Å². The minimum atomic E-state index is -0.521. The normalized spacial score (nSPS) is 12.4. The van der Waals surface area contributed by atoms with Crippen LogP contribution in [-0.4, -0.2) is 11.1 Å². The van der Waals surface area contributed by atoms with Gasteiger partial charge in [-0.2, -0.15) is 0 Å². The van der Waals surface area contributed by atoms with Crippen molar-refractivity contribution in [1.29, 1.82) is 0 Å². The van der Waals surface area contributed by atoms with Crippen LogP contribution in [0.3, 0.4) is 0 Å². The largest absolute Gasteiger partial charge is 0.481 e. The van der Waals surface area contributed by atoms with Gasteiger partial charge >= 0.3 is 5.97 Å². The van der Waals surface area contributed by atoms with Crippen molar-refractivity contribution in [3.8, 4) is 0 Å². The molecule has 0 saturated heterocycles. The molecule has 0 rings (SSSR count). The first-order chi connectivity index (χ1) is 14.5. The highest BCUT2D eigenvalue weighted by atomic mass is 16.4. The fourth-order valence-corrected chi connectivity index (χ4v) is 5.68. The van der Waals surface area contributed by atoms with E-state index in [0.29, 0.717) is 0 Å². The van der Waals surface area contributed by atoms with Gasteiger partial charge in [0.1, 0.15) is 0 Å². The Morgan fingerprint density at radius 3 is 1.00 bits per heavy atom. The summed E-state index contributed by atoms with van der Waals surface area (Å²) in [4.78, 5) is 13.2. The molecular formula is C28H56O2. The molecule has 1 N–H and O–H groups in total. The molecule has 0 aromatic carbocycles.